The van der Waals surface area contributed by atoms with Gasteiger partial charge in [0.15, 0.2) is 5.78 Å². The Kier molecular flexibility index (Phi) is 4.00. The van der Waals surface area contributed by atoms with Gasteiger partial charge in [0.05, 0.1) is 24.2 Å². The van der Waals surface area contributed by atoms with Crippen molar-refractivity contribution in [1.82, 2.24) is 19.7 Å². The summed E-state index contributed by atoms with van der Waals surface area (Å²) in [7, 11) is -3.24. The van der Waals surface area contributed by atoms with E-state index in [1.807, 2.05) is 0 Å². The lowest BCUT2D eigenvalue weighted by Crippen LogP contribution is -2.24. The molecule has 0 saturated heterocycles. The van der Waals surface area contributed by atoms with Gasteiger partial charge in [0, 0.05) is 5.92 Å². The van der Waals surface area contributed by atoms with E-state index in [-0.39, 0.29) is 30.0 Å². The highest BCUT2D eigenvalue weighted by atomic mass is 32.2. The molecule has 2 rings (SSSR count). The Morgan fingerprint density at radius 2 is 2.26 bits per heavy atom. The van der Waals surface area contributed by atoms with Gasteiger partial charge in [-0.3, -0.25) is 4.79 Å². The number of aromatic nitrogens is 3. The van der Waals surface area contributed by atoms with Gasteiger partial charge in [0.2, 0.25) is 10.0 Å². The maximum absolute atomic E-state index is 11.9. The van der Waals surface area contributed by atoms with E-state index in [1.54, 1.807) is 20.0 Å². The molecule has 19 heavy (non-hydrogen) atoms. The van der Waals surface area contributed by atoms with Gasteiger partial charge in [-0.05, 0) is 26.7 Å². The molecule has 1 aromatic rings. The summed E-state index contributed by atoms with van der Waals surface area (Å²) in [5.74, 6) is 0.365. The van der Waals surface area contributed by atoms with Crippen molar-refractivity contribution in [2.45, 2.75) is 39.3 Å². The van der Waals surface area contributed by atoms with E-state index in [1.165, 1.54) is 4.68 Å². The van der Waals surface area contributed by atoms with Crippen molar-refractivity contribution in [3.8, 4) is 0 Å². The first-order valence-electron chi connectivity index (χ1n) is 6.34. The van der Waals surface area contributed by atoms with Crippen molar-refractivity contribution in [1.29, 1.82) is 0 Å². The number of carbonyl (C=O) groups excluding carboxylic acids is 1. The molecular weight excluding hydrogens is 268 g/mol. The van der Waals surface area contributed by atoms with Gasteiger partial charge >= 0.3 is 0 Å². The lowest BCUT2D eigenvalue weighted by atomic mass is 10.1. The van der Waals surface area contributed by atoms with E-state index in [0.29, 0.717) is 5.69 Å². The van der Waals surface area contributed by atoms with Gasteiger partial charge in [-0.25, -0.2) is 17.8 Å². The number of sulfonamides is 1. The second kappa shape index (κ2) is 5.38. The summed E-state index contributed by atoms with van der Waals surface area (Å²) in [4.78, 5) is 11.9. The minimum absolute atomic E-state index is 0.0255. The molecule has 1 N–H and O–H groups in total. The maximum Gasteiger partial charge on any atom is 0.211 e. The Hall–Kier alpha value is -1.28. The standard InChI is InChI=1S/C11H18N4O3S/c1-3-19(17,18)12-6-10-7-15(14-13-10)8(2)11(16)9-4-5-9/h7-9,12H,3-6H2,1-2H3. The van der Waals surface area contributed by atoms with E-state index in [9.17, 15) is 13.2 Å². The van der Waals surface area contributed by atoms with Crippen LogP contribution in [0.3, 0.4) is 0 Å². The fourth-order valence-corrected chi connectivity index (χ4v) is 2.28. The van der Waals surface area contributed by atoms with E-state index < -0.39 is 10.0 Å². The third-order valence-corrected chi connectivity index (χ3v) is 4.54. The Labute approximate surface area is 112 Å². The highest BCUT2D eigenvalue weighted by Crippen LogP contribution is 2.33. The van der Waals surface area contributed by atoms with Crippen LogP contribution in [0.25, 0.3) is 0 Å². The molecule has 1 aliphatic carbocycles. The van der Waals surface area contributed by atoms with E-state index >= 15 is 0 Å². The Morgan fingerprint density at radius 3 is 2.84 bits per heavy atom. The summed E-state index contributed by atoms with van der Waals surface area (Å²) in [5, 5.41) is 7.76. The lowest BCUT2D eigenvalue weighted by molar-refractivity contribution is -0.123. The van der Waals surface area contributed by atoms with Crippen LogP contribution in [-0.4, -0.2) is 34.9 Å². The molecule has 0 spiro atoms. The average Bonchev–Trinajstić information content (AvgIpc) is 3.13. The van der Waals surface area contributed by atoms with Crippen molar-refractivity contribution < 1.29 is 13.2 Å². The fraction of sp³-hybridized carbons (Fsp3) is 0.727. The van der Waals surface area contributed by atoms with Gasteiger partial charge in [-0.15, -0.1) is 5.10 Å². The van der Waals surface area contributed by atoms with Crippen molar-refractivity contribution in [3.05, 3.63) is 11.9 Å². The predicted octanol–water partition coefficient (Wildman–Crippen LogP) is 0.257. The molecule has 0 radical (unpaired) electrons. The summed E-state index contributed by atoms with van der Waals surface area (Å²) >= 11 is 0. The number of nitrogens with zero attached hydrogens (tertiary/aromatic N) is 3. The van der Waals surface area contributed by atoms with Crippen LogP contribution in [0.4, 0.5) is 0 Å². The third-order valence-electron chi connectivity index (χ3n) is 3.20. The van der Waals surface area contributed by atoms with Crippen LogP contribution in [-0.2, 0) is 21.4 Å². The Balaban J connectivity index is 1.96. The number of rotatable bonds is 7. The molecule has 8 heteroatoms. The average molecular weight is 286 g/mol. The molecule has 106 valence electrons. The summed E-state index contributed by atoms with van der Waals surface area (Å²) in [6.07, 6.45) is 3.53. The Bertz CT molecular complexity index is 562. The van der Waals surface area contributed by atoms with Crippen LogP contribution in [0.5, 0.6) is 0 Å². The smallest absolute Gasteiger partial charge is 0.211 e. The zero-order valence-electron chi connectivity index (χ0n) is 11.0. The van der Waals surface area contributed by atoms with Crippen LogP contribution in [0.15, 0.2) is 6.20 Å². The van der Waals surface area contributed by atoms with E-state index in [4.69, 9.17) is 0 Å². The topological polar surface area (TPSA) is 94.0 Å². The second-order valence-electron chi connectivity index (χ2n) is 4.77. The summed E-state index contributed by atoms with van der Waals surface area (Å²) in [6, 6.07) is -0.337. The van der Waals surface area contributed by atoms with Crippen molar-refractivity contribution >= 4 is 15.8 Å². The lowest BCUT2D eigenvalue weighted by Gasteiger charge is -2.08. The highest BCUT2D eigenvalue weighted by Gasteiger charge is 2.33. The molecule has 1 heterocycles. The van der Waals surface area contributed by atoms with Crippen LogP contribution in [0.2, 0.25) is 0 Å². The summed E-state index contributed by atoms with van der Waals surface area (Å²) < 4.78 is 26.5. The second-order valence-corrected chi connectivity index (χ2v) is 6.86. The molecule has 1 atom stereocenters. The number of hydrogen-bond acceptors (Lipinski definition) is 5. The Morgan fingerprint density at radius 1 is 1.58 bits per heavy atom. The van der Waals surface area contributed by atoms with Gasteiger partial charge in [0.1, 0.15) is 6.04 Å². The van der Waals surface area contributed by atoms with Gasteiger partial charge < -0.3 is 0 Å². The van der Waals surface area contributed by atoms with E-state index in [2.05, 4.69) is 15.0 Å². The van der Waals surface area contributed by atoms with Crippen LogP contribution >= 0.6 is 0 Å². The first-order valence-corrected chi connectivity index (χ1v) is 8.00. The molecule has 1 saturated carbocycles. The molecule has 1 aliphatic rings. The minimum atomic E-state index is -3.24. The minimum Gasteiger partial charge on any atom is -0.297 e. The zero-order valence-corrected chi connectivity index (χ0v) is 11.9. The molecule has 0 amide bonds. The molecule has 1 aromatic heterocycles. The number of Topliss-reactive ketones (excluding diaryl/α,β-unsaturated/α-hetero) is 1. The van der Waals surface area contributed by atoms with Crippen molar-refractivity contribution in [2.75, 3.05) is 5.75 Å². The van der Waals surface area contributed by atoms with Crippen LogP contribution in [0, 0.1) is 5.92 Å². The normalized spacial score (nSPS) is 17.4. The van der Waals surface area contributed by atoms with E-state index in [0.717, 1.165) is 12.8 Å². The summed E-state index contributed by atoms with van der Waals surface area (Å²) in [5.41, 5.74) is 0.507. The van der Waals surface area contributed by atoms with Crippen molar-refractivity contribution in [2.24, 2.45) is 5.92 Å². The van der Waals surface area contributed by atoms with Gasteiger partial charge in [-0.1, -0.05) is 5.21 Å². The molecule has 0 bridgehead atoms. The van der Waals surface area contributed by atoms with Crippen LogP contribution in [0.1, 0.15) is 38.4 Å². The molecule has 0 aliphatic heterocycles. The number of ketones is 1. The summed E-state index contributed by atoms with van der Waals surface area (Å²) in [6.45, 7) is 3.45. The zero-order chi connectivity index (χ0) is 14.0. The fourth-order valence-electron chi connectivity index (χ4n) is 1.71. The molecular formula is C11H18N4O3S. The van der Waals surface area contributed by atoms with Crippen molar-refractivity contribution in [3.63, 3.8) is 0 Å². The molecule has 7 nitrogen and oxygen atoms in total. The van der Waals surface area contributed by atoms with Crippen LogP contribution < -0.4 is 4.72 Å². The third kappa shape index (κ3) is 3.60. The monoisotopic (exact) mass is 286 g/mol. The molecule has 1 unspecified atom stereocenters. The van der Waals surface area contributed by atoms with Gasteiger partial charge in [0.25, 0.3) is 0 Å². The molecule has 1 fully saturated rings. The number of carbonyl (C=O) groups is 1. The maximum atomic E-state index is 11.9. The predicted molar refractivity (Wildman–Crippen MR) is 68.8 cm³/mol. The largest absolute Gasteiger partial charge is 0.297 e. The number of nitrogens with one attached hydrogen (secondary N) is 1. The molecule has 0 aromatic carbocycles. The first-order chi connectivity index (χ1) is 8.93. The van der Waals surface area contributed by atoms with Gasteiger partial charge in [-0.2, -0.15) is 0 Å². The first kappa shape index (κ1) is 14.1. The quantitative estimate of drug-likeness (QED) is 0.776. The highest BCUT2D eigenvalue weighted by molar-refractivity contribution is 7.89. The number of hydrogen-bond donors (Lipinski definition) is 1. The SMILES string of the molecule is CCS(=O)(=O)NCc1cn(C(C)C(=O)C2CC2)nn1.